The summed E-state index contributed by atoms with van der Waals surface area (Å²) >= 11 is 3.29. The molecule has 0 aliphatic carbocycles. The van der Waals surface area contributed by atoms with Crippen molar-refractivity contribution >= 4 is 27.8 Å². The molecule has 2 N–H and O–H groups in total. The predicted octanol–water partition coefficient (Wildman–Crippen LogP) is 4.00. The first-order valence-corrected chi connectivity index (χ1v) is 6.99. The zero-order valence-corrected chi connectivity index (χ0v) is 12.6. The van der Waals surface area contributed by atoms with Crippen LogP contribution in [0, 0.1) is 0 Å². The Morgan fingerprint density at radius 1 is 1.30 bits per heavy atom. The molecule has 2 aromatic rings. The van der Waals surface area contributed by atoms with Gasteiger partial charge >= 0.3 is 0 Å². The monoisotopic (exact) mass is 334 g/mol. The fourth-order valence-electron chi connectivity index (χ4n) is 1.63. The molecule has 0 spiro atoms. The van der Waals surface area contributed by atoms with E-state index in [0.29, 0.717) is 16.8 Å². The summed E-state index contributed by atoms with van der Waals surface area (Å²) in [6.07, 6.45) is 1.67. The van der Waals surface area contributed by atoms with Gasteiger partial charge in [-0.05, 0) is 52.7 Å². The van der Waals surface area contributed by atoms with Crippen LogP contribution in [0.1, 0.15) is 12.5 Å². The number of phenols is 1. The van der Waals surface area contributed by atoms with Gasteiger partial charge in [0.05, 0.1) is 23.0 Å². The van der Waals surface area contributed by atoms with Crippen LogP contribution in [-0.4, -0.2) is 17.9 Å². The van der Waals surface area contributed by atoms with Crippen molar-refractivity contribution in [1.29, 1.82) is 0 Å². The van der Waals surface area contributed by atoms with Gasteiger partial charge in [-0.1, -0.05) is 18.2 Å². The molecule has 0 aliphatic heterocycles. The van der Waals surface area contributed by atoms with Gasteiger partial charge in [0.15, 0.2) is 11.5 Å². The van der Waals surface area contributed by atoms with E-state index in [2.05, 4.69) is 26.5 Å². The van der Waals surface area contributed by atoms with E-state index in [4.69, 9.17) is 4.74 Å². The molecule has 0 saturated carbocycles. The third-order valence-electron chi connectivity index (χ3n) is 2.53. The maximum Gasteiger partial charge on any atom is 0.172 e. The second-order valence-corrected chi connectivity index (χ2v) is 4.87. The van der Waals surface area contributed by atoms with Gasteiger partial charge in [0, 0.05) is 0 Å². The first-order chi connectivity index (χ1) is 9.70. The van der Waals surface area contributed by atoms with Crippen LogP contribution in [0.3, 0.4) is 0 Å². The van der Waals surface area contributed by atoms with E-state index >= 15 is 0 Å². The van der Waals surface area contributed by atoms with Crippen molar-refractivity contribution < 1.29 is 9.84 Å². The molecule has 2 rings (SSSR count). The molecule has 20 heavy (non-hydrogen) atoms. The van der Waals surface area contributed by atoms with Crippen LogP contribution in [0.25, 0.3) is 0 Å². The molecule has 0 saturated heterocycles. The molecule has 0 amide bonds. The Balaban J connectivity index is 2.13. The summed E-state index contributed by atoms with van der Waals surface area (Å²) in [6, 6.07) is 13.2. The minimum Gasteiger partial charge on any atom is -0.503 e. The van der Waals surface area contributed by atoms with Gasteiger partial charge in [0.2, 0.25) is 0 Å². The number of ether oxygens (including phenoxy) is 1. The van der Waals surface area contributed by atoms with Gasteiger partial charge < -0.3 is 9.84 Å². The number of nitrogens with one attached hydrogen (secondary N) is 1. The van der Waals surface area contributed by atoms with Gasteiger partial charge in [-0.2, -0.15) is 5.10 Å². The minimum absolute atomic E-state index is 0.0972. The number of anilines is 1. The Morgan fingerprint density at radius 2 is 2.05 bits per heavy atom. The van der Waals surface area contributed by atoms with Crippen molar-refractivity contribution in [3.8, 4) is 11.5 Å². The molecule has 0 fully saturated rings. The fraction of sp³-hybridized carbons (Fsp3) is 0.133. The summed E-state index contributed by atoms with van der Waals surface area (Å²) in [5.74, 6) is 0.531. The number of phenolic OH excluding ortho intramolecular Hbond substituents is 1. The van der Waals surface area contributed by atoms with Crippen molar-refractivity contribution in [3.63, 3.8) is 0 Å². The Morgan fingerprint density at radius 3 is 2.75 bits per heavy atom. The molecule has 0 radical (unpaired) electrons. The third-order valence-corrected chi connectivity index (χ3v) is 3.14. The molecule has 0 aromatic heterocycles. The number of nitrogens with zero attached hydrogens (tertiary/aromatic N) is 1. The largest absolute Gasteiger partial charge is 0.503 e. The average molecular weight is 335 g/mol. The highest BCUT2D eigenvalue weighted by molar-refractivity contribution is 9.10. The van der Waals surface area contributed by atoms with Crippen LogP contribution >= 0.6 is 15.9 Å². The first kappa shape index (κ1) is 14.4. The first-order valence-electron chi connectivity index (χ1n) is 6.20. The minimum atomic E-state index is 0.0972. The van der Waals surface area contributed by atoms with E-state index in [0.717, 1.165) is 11.3 Å². The smallest absolute Gasteiger partial charge is 0.172 e. The molecule has 0 unspecified atom stereocenters. The predicted molar refractivity (Wildman–Crippen MR) is 84.6 cm³/mol. The van der Waals surface area contributed by atoms with Crippen molar-refractivity contribution in [2.24, 2.45) is 5.10 Å². The number of halogens is 1. The lowest BCUT2D eigenvalue weighted by molar-refractivity contribution is 0.317. The number of rotatable bonds is 5. The summed E-state index contributed by atoms with van der Waals surface area (Å²) in [6.45, 7) is 2.36. The Labute approximate surface area is 126 Å². The number of para-hydroxylation sites is 1. The van der Waals surface area contributed by atoms with Crippen LogP contribution in [0.5, 0.6) is 11.5 Å². The van der Waals surface area contributed by atoms with Gasteiger partial charge in [-0.3, -0.25) is 5.43 Å². The molecule has 0 atom stereocenters. The zero-order chi connectivity index (χ0) is 14.4. The van der Waals surface area contributed by atoms with Crippen molar-refractivity contribution in [1.82, 2.24) is 0 Å². The van der Waals surface area contributed by atoms with E-state index in [1.54, 1.807) is 18.3 Å². The Hall–Kier alpha value is -2.01. The number of hydrogen-bond acceptors (Lipinski definition) is 4. The number of benzene rings is 2. The lowest BCUT2D eigenvalue weighted by Gasteiger charge is -2.08. The summed E-state index contributed by atoms with van der Waals surface area (Å²) in [7, 11) is 0. The van der Waals surface area contributed by atoms with Crippen LogP contribution in [0.4, 0.5) is 5.69 Å². The van der Waals surface area contributed by atoms with Crippen LogP contribution in [0.15, 0.2) is 52.0 Å². The number of aromatic hydroxyl groups is 1. The standard InChI is InChI=1S/C15H15BrN2O2/c1-2-20-14-9-11(8-13(16)15(14)19)10-17-18-12-6-4-3-5-7-12/h3-10,18-19H,2H2,1H3. The third kappa shape index (κ3) is 3.74. The number of hydrogen-bond donors (Lipinski definition) is 2. The molecule has 0 heterocycles. The lowest BCUT2D eigenvalue weighted by Crippen LogP contribution is -1.95. The van der Waals surface area contributed by atoms with E-state index in [1.165, 1.54) is 0 Å². The molecule has 0 aliphatic rings. The summed E-state index contributed by atoms with van der Waals surface area (Å²) < 4.78 is 5.93. The molecule has 5 heteroatoms. The maximum absolute atomic E-state index is 9.82. The quantitative estimate of drug-likeness (QED) is 0.641. The molecule has 0 bridgehead atoms. The molecule has 104 valence electrons. The average Bonchev–Trinajstić information content (AvgIpc) is 2.45. The summed E-state index contributed by atoms with van der Waals surface area (Å²) in [5, 5.41) is 14.0. The highest BCUT2D eigenvalue weighted by Crippen LogP contribution is 2.35. The second-order valence-electron chi connectivity index (χ2n) is 4.02. The summed E-state index contributed by atoms with van der Waals surface area (Å²) in [5.41, 5.74) is 4.66. The van der Waals surface area contributed by atoms with Gasteiger partial charge in [0.25, 0.3) is 0 Å². The number of hydrazone groups is 1. The van der Waals surface area contributed by atoms with E-state index in [-0.39, 0.29) is 5.75 Å². The van der Waals surface area contributed by atoms with Gasteiger partial charge in [-0.25, -0.2) is 0 Å². The summed E-state index contributed by atoms with van der Waals surface area (Å²) in [4.78, 5) is 0. The highest BCUT2D eigenvalue weighted by atomic mass is 79.9. The Kier molecular flexibility index (Phi) is 5.01. The SMILES string of the molecule is CCOc1cc(C=NNc2ccccc2)cc(Br)c1O. The van der Waals surface area contributed by atoms with Crippen molar-refractivity contribution in [3.05, 3.63) is 52.5 Å². The highest BCUT2D eigenvalue weighted by Gasteiger charge is 2.08. The fourth-order valence-corrected chi connectivity index (χ4v) is 2.09. The maximum atomic E-state index is 9.82. The molecule has 4 nitrogen and oxygen atoms in total. The van der Waals surface area contributed by atoms with E-state index in [1.807, 2.05) is 37.3 Å². The molecular weight excluding hydrogens is 320 g/mol. The molecular formula is C15H15BrN2O2. The van der Waals surface area contributed by atoms with E-state index in [9.17, 15) is 5.11 Å². The second kappa shape index (κ2) is 6.96. The lowest BCUT2D eigenvalue weighted by atomic mass is 10.2. The van der Waals surface area contributed by atoms with Crippen molar-refractivity contribution in [2.45, 2.75) is 6.92 Å². The molecule has 2 aromatic carbocycles. The van der Waals surface area contributed by atoms with Crippen molar-refractivity contribution in [2.75, 3.05) is 12.0 Å². The van der Waals surface area contributed by atoms with Crippen LogP contribution in [0.2, 0.25) is 0 Å². The Bertz CT molecular complexity index is 600. The van der Waals surface area contributed by atoms with Crippen LogP contribution < -0.4 is 10.2 Å². The van der Waals surface area contributed by atoms with Gasteiger partial charge in [-0.15, -0.1) is 0 Å². The van der Waals surface area contributed by atoms with Gasteiger partial charge in [0.1, 0.15) is 0 Å². The zero-order valence-electron chi connectivity index (χ0n) is 11.0. The van der Waals surface area contributed by atoms with Crippen LogP contribution in [-0.2, 0) is 0 Å². The normalized spacial score (nSPS) is 10.7. The van der Waals surface area contributed by atoms with E-state index < -0.39 is 0 Å². The topological polar surface area (TPSA) is 53.8 Å².